The van der Waals surface area contributed by atoms with Crippen LogP contribution in [0.1, 0.15) is 5.56 Å². The lowest BCUT2D eigenvalue weighted by molar-refractivity contribution is -0.143. The number of phenols is 1. The molecule has 0 atom stereocenters. The Bertz CT molecular complexity index is 710. The minimum atomic E-state index is -0.833. The van der Waals surface area contributed by atoms with E-state index in [4.69, 9.17) is 14.2 Å². The summed E-state index contributed by atoms with van der Waals surface area (Å²) in [4.78, 5) is 39.5. The van der Waals surface area contributed by atoms with Gasteiger partial charge in [0.1, 0.15) is 5.75 Å². The van der Waals surface area contributed by atoms with Crippen molar-refractivity contribution in [3.63, 3.8) is 0 Å². The molecule has 0 aliphatic carbocycles. The molecule has 10 heteroatoms. The van der Waals surface area contributed by atoms with Crippen LogP contribution in [0.5, 0.6) is 5.75 Å². The van der Waals surface area contributed by atoms with E-state index in [1.165, 1.54) is 21.3 Å². The van der Waals surface area contributed by atoms with Gasteiger partial charge in [0.15, 0.2) is 0 Å². The normalized spacial score (nSPS) is 17.0. The van der Waals surface area contributed by atoms with Crippen LogP contribution in [0.2, 0.25) is 0 Å². The molecule has 0 saturated carbocycles. The molecule has 1 fully saturated rings. The smallest absolute Gasteiger partial charge is 0.319 e. The molecule has 30 heavy (non-hydrogen) atoms. The van der Waals surface area contributed by atoms with E-state index in [1.807, 2.05) is 9.80 Å². The molecule has 0 radical (unpaired) electrons. The van der Waals surface area contributed by atoms with Gasteiger partial charge in [-0.05, 0) is 17.7 Å². The molecule has 1 aromatic carbocycles. The molecule has 2 rings (SSSR count). The van der Waals surface area contributed by atoms with Gasteiger partial charge in [-0.25, -0.2) is 0 Å². The van der Waals surface area contributed by atoms with E-state index in [1.54, 1.807) is 24.3 Å². The molecule has 1 aromatic rings. The van der Waals surface area contributed by atoms with Gasteiger partial charge in [-0.1, -0.05) is 12.1 Å². The fourth-order valence-corrected chi connectivity index (χ4v) is 3.51. The topological polar surface area (TPSA) is 118 Å². The number of aromatic hydroxyl groups is 1. The highest BCUT2D eigenvalue weighted by Gasteiger charge is 2.39. The van der Waals surface area contributed by atoms with E-state index < -0.39 is 11.5 Å². The maximum Gasteiger partial charge on any atom is 0.319 e. The van der Waals surface area contributed by atoms with E-state index in [9.17, 15) is 19.5 Å². The van der Waals surface area contributed by atoms with Gasteiger partial charge < -0.3 is 19.3 Å². The van der Waals surface area contributed by atoms with Crippen LogP contribution in [0.3, 0.4) is 0 Å². The fourth-order valence-electron chi connectivity index (χ4n) is 3.51. The Kier molecular flexibility index (Phi) is 8.58. The first kappa shape index (κ1) is 23.6. The Hall–Kier alpha value is -2.69. The lowest BCUT2D eigenvalue weighted by Gasteiger charge is -2.39. The summed E-state index contributed by atoms with van der Waals surface area (Å²) in [6.07, 6.45) is 0. The molecule has 1 aliphatic rings. The molecule has 10 nitrogen and oxygen atoms in total. The van der Waals surface area contributed by atoms with Crippen molar-refractivity contribution in [2.24, 2.45) is 0 Å². The predicted molar refractivity (Wildman–Crippen MR) is 107 cm³/mol. The fraction of sp³-hybridized carbons (Fsp3) is 0.550. The van der Waals surface area contributed by atoms with Crippen molar-refractivity contribution in [1.82, 2.24) is 15.1 Å². The maximum atomic E-state index is 11.9. The maximum absolute atomic E-state index is 11.9. The number of nitrogens with one attached hydrogen (secondary N) is 1. The summed E-state index contributed by atoms with van der Waals surface area (Å²) in [7, 11) is 3.95. The van der Waals surface area contributed by atoms with Gasteiger partial charge >= 0.3 is 17.9 Å². The highest BCUT2D eigenvalue weighted by Crippen LogP contribution is 2.28. The highest BCUT2D eigenvalue weighted by atomic mass is 16.5. The second-order valence-corrected chi connectivity index (χ2v) is 7.13. The van der Waals surface area contributed by atoms with Gasteiger partial charge in [0, 0.05) is 26.2 Å². The SMILES string of the molecule is COC(=O)CNC1(c2ccc(O)cc2)CN(CC(=O)OC)CCN(CC(=O)OC)C1. The van der Waals surface area contributed by atoms with E-state index in [0.717, 1.165) is 5.56 Å². The van der Waals surface area contributed by atoms with Crippen LogP contribution < -0.4 is 5.32 Å². The molecule has 0 unspecified atom stereocenters. The molecule has 0 amide bonds. The molecule has 1 saturated heterocycles. The molecule has 1 aliphatic heterocycles. The highest BCUT2D eigenvalue weighted by molar-refractivity contribution is 5.72. The van der Waals surface area contributed by atoms with Crippen LogP contribution >= 0.6 is 0 Å². The summed E-state index contributed by atoms with van der Waals surface area (Å²) in [5.74, 6) is -1.11. The predicted octanol–water partition coefficient (Wildman–Crippen LogP) is -0.686. The van der Waals surface area contributed by atoms with Crippen molar-refractivity contribution in [2.75, 3.05) is 67.1 Å². The number of hydrogen-bond donors (Lipinski definition) is 2. The van der Waals surface area contributed by atoms with E-state index in [2.05, 4.69) is 5.32 Å². The van der Waals surface area contributed by atoms with Crippen LogP contribution in [0, 0.1) is 0 Å². The average molecular weight is 423 g/mol. The zero-order valence-corrected chi connectivity index (χ0v) is 17.6. The molecular weight excluding hydrogens is 394 g/mol. The third-order valence-electron chi connectivity index (χ3n) is 5.10. The monoisotopic (exact) mass is 423 g/mol. The quantitative estimate of drug-likeness (QED) is 0.411. The number of methoxy groups -OCH3 is 3. The lowest BCUT2D eigenvalue weighted by Crippen LogP contribution is -2.56. The molecule has 2 N–H and O–H groups in total. The zero-order valence-electron chi connectivity index (χ0n) is 17.6. The van der Waals surface area contributed by atoms with Crippen molar-refractivity contribution in [1.29, 1.82) is 0 Å². The summed E-state index contributed by atoms with van der Waals surface area (Å²) in [6.45, 7) is 1.78. The largest absolute Gasteiger partial charge is 0.508 e. The zero-order chi connectivity index (χ0) is 22.1. The Labute approximate surface area is 175 Å². The number of carbonyl (C=O) groups excluding carboxylic acids is 3. The second-order valence-electron chi connectivity index (χ2n) is 7.13. The Morgan fingerprint density at radius 1 is 0.900 bits per heavy atom. The standard InChI is InChI=1S/C20H29N3O7/c1-28-17(25)10-21-20(15-4-6-16(24)7-5-15)13-22(11-18(26)29-2)8-9-23(14-20)12-19(27)30-3/h4-7,21,24H,8-14H2,1-3H3. The number of benzene rings is 1. The first-order valence-corrected chi connectivity index (χ1v) is 9.51. The summed E-state index contributed by atoms with van der Waals surface area (Å²) in [5, 5.41) is 13.0. The third-order valence-corrected chi connectivity index (χ3v) is 5.10. The number of ether oxygens (including phenoxy) is 3. The number of phenolic OH excluding ortho intramolecular Hbond substituents is 1. The van der Waals surface area contributed by atoms with E-state index >= 15 is 0 Å². The summed E-state index contributed by atoms with van der Waals surface area (Å²) in [5.41, 5.74) is -0.0451. The molecule has 0 bridgehead atoms. The van der Waals surface area contributed by atoms with E-state index in [-0.39, 0.29) is 37.3 Å². The third kappa shape index (κ3) is 6.41. The van der Waals surface area contributed by atoms with Crippen molar-refractivity contribution >= 4 is 17.9 Å². The average Bonchev–Trinajstić information content (AvgIpc) is 2.92. The van der Waals surface area contributed by atoms with Gasteiger partial charge in [0.05, 0.1) is 46.5 Å². The molecule has 166 valence electrons. The lowest BCUT2D eigenvalue weighted by atomic mass is 9.88. The number of carbonyl (C=O) groups is 3. The summed E-state index contributed by atoms with van der Waals surface area (Å²) >= 11 is 0. The number of nitrogens with zero attached hydrogens (tertiary/aromatic N) is 2. The Balaban J connectivity index is 2.43. The molecular formula is C20H29N3O7. The number of hydrogen-bond acceptors (Lipinski definition) is 10. The van der Waals surface area contributed by atoms with E-state index in [0.29, 0.717) is 26.2 Å². The molecule has 0 spiro atoms. The van der Waals surface area contributed by atoms with Crippen molar-refractivity contribution in [2.45, 2.75) is 5.54 Å². The first-order chi connectivity index (χ1) is 14.3. The van der Waals surface area contributed by atoms with Crippen molar-refractivity contribution in [3.05, 3.63) is 29.8 Å². The van der Waals surface area contributed by atoms with Crippen molar-refractivity contribution < 1.29 is 33.7 Å². The minimum absolute atomic E-state index is 0.0578. The number of esters is 3. The van der Waals surface area contributed by atoms with Crippen LogP contribution in [-0.2, 0) is 34.1 Å². The van der Waals surface area contributed by atoms with Crippen LogP contribution in [-0.4, -0.2) is 100.0 Å². The van der Waals surface area contributed by atoms with Gasteiger partial charge in [0.2, 0.25) is 0 Å². The summed E-state index contributed by atoms with van der Waals surface area (Å²) in [6, 6.07) is 6.60. The molecule has 0 aromatic heterocycles. The van der Waals surface area contributed by atoms with Gasteiger partial charge in [-0.2, -0.15) is 0 Å². The van der Waals surface area contributed by atoms with Crippen LogP contribution in [0.4, 0.5) is 0 Å². The number of rotatable bonds is 8. The van der Waals surface area contributed by atoms with Crippen molar-refractivity contribution in [3.8, 4) is 5.75 Å². The van der Waals surface area contributed by atoms with Gasteiger partial charge in [-0.15, -0.1) is 0 Å². The molecule has 1 heterocycles. The Morgan fingerprint density at radius 3 is 1.80 bits per heavy atom. The minimum Gasteiger partial charge on any atom is -0.508 e. The van der Waals surface area contributed by atoms with Crippen LogP contribution in [0.25, 0.3) is 0 Å². The first-order valence-electron chi connectivity index (χ1n) is 9.51. The second kappa shape index (κ2) is 10.9. The van der Waals surface area contributed by atoms with Gasteiger partial charge in [-0.3, -0.25) is 29.5 Å². The Morgan fingerprint density at radius 2 is 1.37 bits per heavy atom. The summed E-state index contributed by atoms with van der Waals surface area (Å²) < 4.78 is 14.4. The van der Waals surface area contributed by atoms with Gasteiger partial charge in [0.25, 0.3) is 0 Å². The van der Waals surface area contributed by atoms with Crippen LogP contribution in [0.15, 0.2) is 24.3 Å².